The second kappa shape index (κ2) is 9.23. The van der Waals surface area contributed by atoms with E-state index in [0.717, 1.165) is 22.3 Å². The summed E-state index contributed by atoms with van der Waals surface area (Å²) in [5.41, 5.74) is 3.03. The predicted molar refractivity (Wildman–Crippen MR) is 121 cm³/mol. The van der Waals surface area contributed by atoms with Crippen molar-refractivity contribution in [2.45, 2.75) is 37.3 Å². The number of alkyl carbamates (subject to hydrolysis) is 1. The molecule has 2 N–H and O–H groups in total. The van der Waals surface area contributed by atoms with Crippen LogP contribution in [0.4, 0.5) is 4.79 Å². The van der Waals surface area contributed by atoms with E-state index in [4.69, 9.17) is 9.47 Å². The van der Waals surface area contributed by atoms with Gasteiger partial charge < -0.3 is 24.8 Å². The lowest BCUT2D eigenvalue weighted by atomic mass is 9.97. The third kappa shape index (κ3) is 4.06. The summed E-state index contributed by atoms with van der Waals surface area (Å²) in [6.45, 7) is 1.85. The van der Waals surface area contributed by atoms with Crippen LogP contribution in [-0.4, -0.2) is 66.4 Å². The molecule has 1 unspecified atom stereocenters. The van der Waals surface area contributed by atoms with Crippen molar-refractivity contribution in [2.75, 3.05) is 26.9 Å². The van der Waals surface area contributed by atoms with Crippen molar-refractivity contribution in [1.29, 1.82) is 0 Å². The number of hydrogen-bond donors (Lipinski definition) is 2. The summed E-state index contributed by atoms with van der Waals surface area (Å²) >= 11 is 0. The Morgan fingerprint density at radius 2 is 1.73 bits per heavy atom. The Morgan fingerprint density at radius 1 is 1.12 bits per heavy atom. The van der Waals surface area contributed by atoms with Gasteiger partial charge in [-0.1, -0.05) is 48.5 Å². The molecule has 1 aliphatic carbocycles. The number of likely N-dealkylation sites (tertiary alicyclic amines) is 1. The average molecular weight is 453 g/mol. The number of amides is 2. The van der Waals surface area contributed by atoms with Crippen LogP contribution in [0.3, 0.4) is 0 Å². The third-order valence-electron chi connectivity index (χ3n) is 6.58. The largest absolute Gasteiger partial charge is 0.479 e. The fraction of sp³-hybridized carbons (Fsp3) is 0.400. The van der Waals surface area contributed by atoms with E-state index in [2.05, 4.69) is 17.4 Å². The molecule has 0 bridgehead atoms. The second-order valence-corrected chi connectivity index (χ2v) is 8.55. The normalized spacial score (nSPS) is 20.1. The molecule has 1 aliphatic heterocycles. The summed E-state index contributed by atoms with van der Waals surface area (Å²) in [6.07, 6.45) is 0.142. The van der Waals surface area contributed by atoms with Crippen molar-refractivity contribution in [3.8, 4) is 11.1 Å². The summed E-state index contributed by atoms with van der Waals surface area (Å²) in [5, 5.41) is 12.3. The maximum atomic E-state index is 13.0. The molecule has 1 fully saturated rings. The van der Waals surface area contributed by atoms with Crippen molar-refractivity contribution in [3.05, 3.63) is 59.7 Å². The standard InChI is InChI=1S/C25H28N2O6/c1-16(22(28)27-13-7-12-25(27,15-32-2)23(29)30)26-24(31)33-14-21-19-10-5-3-8-17(19)18-9-4-6-11-20(18)21/h3-6,8-11,16,21H,7,12-15H2,1-2H3,(H,26,31)(H,29,30)/t16-,25?/m0/s1. The van der Waals surface area contributed by atoms with E-state index in [0.29, 0.717) is 19.4 Å². The van der Waals surface area contributed by atoms with Gasteiger partial charge in [0.25, 0.3) is 0 Å². The monoisotopic (exact) mass is 452 g/mol. The molecule has 8 heteroatoms. The number of nitrogens with zero attached hydrogens (tertiary/aromatic N) is 1. The van der Waals surface area contributed by atoms with Crippen LogP contribution in [0.5, 0.6) is 0 Å². The van der Waals surface area contributed by atoms with Gasteiger partial charge in [-0.05, 0) is 42.0 Å². The SMILES string of the molecule is COCC1(C(=O)O)CCCN1C(=O)[C@H](C)NC(=O)OCC1c2ccccc2-c2ccccc21. The Morgan fingerprint density at radius 3 is 2.30 bits per heavy atom. The van der Waals surface area contributed by atoms with Crippen LogP contribution in [0.2, 0.25) is 0 Å². The van der Waals surface area contributed by atoms with E-state index in [1.165, 1.54) is 18.9 Å². The number of carbonyl (C=O) groups is 3. The molecule has 2 amide bonds. The Kier molecular flexibility index (Phi) is 6.37. The van der Waals surface area contributed by atoms with Gasteiger partial charge in [-0.15, -0.1) is 0 Å². The number of rotatable bonds is 7. The number of aliphatic carboxylic acids is 1. The number of nitrogens with one attached hydrogen (secondary N) is 1. The average Bonchev–Trinajstić information content (AvgIpc) is 3.37. The number of carboxylic acid groups (broad SMARTS) is 1. The number of benzene rings is 2. The smallest absolute Gasteiger partial charge is 0.407 e. The molecule has 174 valence electrons. The summed E-state index contributed by atoms with van der Waals surface area (Å²) in [6, 6.07) is 15.1. The van der Waals surface area contributed by atoms with Gasteiger partial charge in [0.15, 0.2) is 5.54 Å². The van der Waals surface area contributed by atoms with Gasteiger partial charge in [0.05, 0.1) is 6.61 Å². The quantitative estimate of drug-likeness (QED) is 0.669. The van der Waals surface area contributed by atoms with Crippen LogP contribution in [0, 0.1) is 0 Å². The zero-order chi connectivity index (χ0) is 23.6. The van der Waals surface area contributed by atoms with Crippen LogP contribution in [-0.2, 0) is 19.1 Å². The highest BCUT2D eigenvalue weighted by molar-refractivity contribution is 5.92. The maximum Gasteiger partial charge on any atom is 0.407 e. The number of carbonyl (C=O) groups excluding carboxylic acids is 2. The highest BCUT2D eigenvalue weighted by Crippen LogP contribution is 2.44. The van der Waals surface area contributed by atoms with Crippen LogP contribution < -0.4 is 5.32 Å². The highest BCUT2D eigenvalue weighted by atomic mass is 16.5. The van der Waals surface area contributed by atoms with Gasteiger partial charge in [0.2, 0.25) is 5.91 Å². The molecule has 2 aromatic rings. The van der Waals surface area contributed by atoms with Crippen LogP contribution in [0.1, 0.15) is 36.8 Å². The summed E-state index contributed by atoms with van der Waals surface area (Å²) in [5.74, 6) is -1.67. The number of methoxy groups -OCH3 is 1. The van der Waals surface area contributed by atoms with E-state index in [1.807, 2.05) is 36.4 Å². The lowest BCUT2D eigenvalue weighted by Gasteiger charge is -2.35. The molecule has 2 aromatic carbocycles. The molecule has 0 spiro atoms. The van der Waals surface area contributed by atoms with Gasteiger partial charge in [-0.3, -0.25) is 4.79 Å². The fourth-order valence-electron chi connectivity index (χ4n) is 4.99. The first-order valence-corrected chi connectivity index (χ1v) is 11.0. The molecule has 33 heavy (non-hydrogen) atoms. The van der Waals surface area contributed by atoms with Crippen LogP contribution in [0.25, 0.3) is 11.1 Å². The first-order valence-electron chi connectivity index (χ1n) is 11.0. The molecular weight excluding hydrogens is 424 g/mol. The number of carboxylic acids is 1. The minimum absolute atomic E-state index is 0.0888. The number of fused-ring (bicyclic) bond motifs is 3. The number of hydrogen-bond acceptors (Lipinski definition) is 5. The Bertz CT molecular complexity index is 1020. The van der Waals surface area contributed by atoms with Crippen molar-refractivity contribution in [3.63, 3.8) is 0 Å². The Balaban J connectivity index is 1.40. The van der Waals surface area contributed by atoms with E-state index in [-0.39, 0.29) is 19.1 Å². The molecule has 2 aliphatic rings. The Labute approximate surface area is 192 Å². The lowest BCUT2D eigenvalue weighted by molar-refractivity contribution is -0.160. The summed E-state index contributed by atoms with van der Waals surface area (Å²) < 4.78 is 10.6. The predicted octanol–water partition coefficient (Wildman–Crippen LogP) is 3.01. The van der Waals surface area contributed by atoms with E-state index >= 15 is 0 Å². The Hall–Kier alpha value is -3.39. The minimum Gasteiger partial charge on any atom is -0.479 e. The van der Waals surface area contributed by atoms with Gasteiger partial charge >= 0.3 is 12.1 Å². The van der Waals surface area contributed by atoms with E-state index in [9.17, 15) is 19.5 Å². The number of ether oxygens (including phenoxy) is 2. The van der Waals surface area contributed by atoms with Gasteiger partial charge in [0, 0.05) is 19.6 Å². The molecule has 8 nitrogen and oxygen atoms in total. The lowest BCUT2D eigenvalue weighted by Crippen LogP contribution is -2.60. The van der Waals surface area contributed by atoms with Crippen LogP contribution in [0.15, 0.2) is 48.5 Å². The first kappa shape index (κ1) is 22.8. The van der Waals surface area contributed by atoms with E-state index < -0.39 is 29.6 Å². The van der Waals surface area contributed by atoms with Crippen molar-refractivity contribution in [2.24, 2.45) is 0 Å². The van der Waals surface area contributed by atoms with Gasteiger partial charge in [-0.25, -0.2) is 9.59 Å². The molecule has 0 radical (unpaired) electrons. The van der Waals surface area contributed by atoms with Crippen molar-refractivity contribution >= 4 is 18.0 Å². The first-order chi connectivity index (χ1) is 15.9. The summed E-state index contributed by atoms with van der Waals surface area (Å²) in [7, 11) is 1.41. The zero-order valence-electron chi connectivity index (χ0n) is 18.7. The van der Waals surface area contributed by atoms with Gasteiger partial charge in [-0.2, -0.15) is 0 Å². The summed E-state index contributed by atoms with van der Waals surface area (Å²) in [4.78, 5) is 38.8. The minimum atomic E-state index is -1.41. The molecule has 0 saturated carbocycles. The topological polar surface area (TPSA) is 105 Å². The molecule has 0 aromatic heterocycles. The third-order valence-corrected chi connectivity index (χ3v) is 6.58. The fourth-order valence-corrected chi connectivity index (χ4v) is 4.99. The molecular formula is C25H28N2O6. The molecule has 1 heterocycles. The van der Waals surface area contributed by atoms with Crippen molar-refractivity contribution in [1.82, 2.24) is 10.2 Å². The van der Waals surface area contributed by atoms with Crippen molar-refractivity contribution < 1.29 is 29.0 Å². The molecule has 2 atom stereocenters. The van der Waals surface area contributed by atoms with E-state index in [1.54, 1.807) is 0 Å². The van der Waals surface area contributed by atoms with Gasteiger partial charge in [0.1, 0.15) is 12.6 Å². The second-order valence-electron chi connectivity index (χ2n) is 8.55. The highest BCUT2D eigenvalue weighted by Gasteiger charge is 2.51. The van der Waals surface area contributed by atoms with Crippen LogP contribution >= 0.6 is 0 Å². The molecule has 4 rings (SSSR count). The zero-order valence-corrected chi connectivity index (χ0v) is 18.7. The maximum absolute atomic E-state index is 13.0. The molecule has 1 saturated heterocycles.